The Bertz CT molecular complexity index is 954. The number of pyridine rings is 2. The minimum Gasteiger partial charge on any atom is -0.493 e. The van der Waals surface area contributed by atoms with Crippen molar-refractivity contribution in [3.8, 4) is 17.2 Å². The number of amides is 1. The van der Waals surface area contributed by atoms with Crippen molar-refractivity contribution in [2.75, 3.05) is 26.6 Å². The third-order valence-electron chi connectivity index (χ3n) is 4.12. The zero-order valence-electron chi connectivity index (χ0n) is 16.4. The first kappa shape index (κ1) is 19.9. The summed E-state index contributed by atoms with van der Waals surface area (Å²) in [5.74, 6) is 1.81. The second-order valence-electron chi connectivity index (χ2n) is 5.97. The van der Waals surface area contributed by atoms with E-state index < -0.39 is 0 Å². The standard InChI is InChI=1S/C21H22N4O4/c1-27-17-11-16(12-18(28-2)20(17)29-3)25-19-10-14(7-9-23-19)21(26)24-13-15-6-4-5-8-22-15/h4-12H,13H2,1-3H3,(H,23,25)(H,24,26). The average Bonchev–Trinajstić information content (AvgIpc) is 2.77. The van der Waals surface area contributed by atoms with Gasteiger partial charge in [0.05, 0.1) is 33.6 Å². The van der Waals surface area contributed by atoms with E-state index in [1.807, 2.05) is 18.2 Å². The van der Waals surface area contributed by atoms with Crippen molar-refractivity contribution in [2.45, 2.75) is 6.54 Å². The van der Waals surface area contributed by atoms with E-state index in [9.17, 15) is 4.79 Å². The lowest BCUT2D eigenvalue weighted by Gasteiger charge is -2.15. The molecule has 0 spiro atoms. The Hall–Kier alpha value is -3.81. The molecule has 0 aliphatic rings. The predicted octanol–water partition coefficient (Wildman–Crippen LogP) is 3.18. The van der Waals surface area contributed by atoms with Crippen molar-refractivity contribution in [3.05, 3.63) is 66.1 Å². The molecule has 0 atom stereocenters. The van der Waals surface area contributed by atoms with Gasteiger partial charge < -0.3 is 24.8 Å². The lowest BCUT2D eigenvalue weighted by atomic mass is 10.2. The maximum atomic E-state index is 12.5. The summed E-state index contributed by atoms with van der Waals surface area (Å²) in [6.07, 6.45) is 3.25. The number of nitrogens with zero attached hydrogens (tertiary/aromatic N) is 2. The van der Waals surface area contributed by atoms with E-state index in [1.165, 1.54) is 0 Å². The van der Waals surface area contributed by atoms with E-state index in [0.29, 0.717) is 40.9 Å². The SMILES string of the molecule is COc1cc(Nc2cc(C(=O)NCc3ccccn3)ccn2)cc(OC)c1OC. The molecule has 0 radical (unpaired) electrons. The zero-order chi connectivity index (χ0) is 20.6. The first-order valence-electron chi connectivity index (χ1n) is 8.85. The summed E-state index contributed by atoms with van der Waals surface area (Å²) in [7, 11) is 4.64. The van der Waals surface area contributed by atoms with Crippen molar-refractivity contribution in [1.29, 1.82) is 0 Å². The summed E-state index contributed by atoms with van der Waals surface area (Å²) in [5, 5.41) is 6.00. The molecule has 0 aliphatic carbocycles. The van der Waals surface area contributed by atoms with Crippen LogP contribution in [0.5, 0.6) is 17.2 Å². The fourth-order valence-corrected chi connectivity index (χ4v) is 2.72. The van der Waals surface area contributed by atoms with Crippen molar-refractivity contribution < 1.29 is 19.0 Å². The maximum absolute atomic E-state index is 12.5. The normalized spacial score (nSPS) is 10.2. The van der Waals surface area contributed by atoms with Gasteiger partial charge in [-0.3, -0.25) is 9.78 Å². The Balaban J connectivity index is 1.75. The van der Waals surface area contributed by atoms with Crippen LogP contribution in [0.15, 0.2) is 54.9 Å². The molecule has 3 rings (SSSR count). The number of hydrogen-bond donors (Lipinski definition) is 2. The predicted molar refractivity (Wildman–Crippen MR) is 109 cm³/mol. The minimum atomic E-state index is -0.217. The number of anilines is 2. The van der Waals surface area contributed by atoms with Crippen molar-refractivity contribution in [1.82, 2.24) is 15.3 Å². The van der Waals surface area contributed by atoms with Crippen LogP contribution in [0, 0.1) is 0 Å². The molecule has 1 amide bonds. The number of carbonyl (C=O) groups is 1. The number of nitrogens with one attached hydrogen (secondary N) is 2. The number of methoxy groups -OCH3 is 3. The van der Waals surface area contributed by atoms with Gasteiger partial charge in [0.2, 0.25) is 5.75 Å². The second-order valence-corrected chi connectivity index (χ2v) is 5.97. The molecule has 2 N–H and O–H groups in total. The largest absolute Gasteiger partial charge is 0.493 e. The third-order valence-corrected chi connectivity index (χ3v) is 4.12. The minimum absolute atomic E-state index is 0.217. The number of carbonyl (C=O) groups excluding carboxylic acids is 1. The molecule has 150 valence electrons. The highest BCUT2D eigenvalue weighted by atomic mass is 16.5. The summed E-state index contributed by atoms with van der Waals surface area (Å²) in [4.78, 5) is 20.9. The van der Waals surface area contributed by atoms with E-state index >= 15 is 0 Å². The first-order chi connectivity index (χ1) is 14.1. The summed E-state index contributed by atoms with van der Waals surface area (Å²) < 4.78 is 16.0. The molecule has 8 nitrogen and oxygen atoms in total. The van der Waals surface area contributed by atoms with Gasteiger partial charge in [-0.15, -0.1) is 0 Å². The fourth-order valence-electron chi connectivity index (χ4n) is 2.72. The number of ether oxygens (including phenoxy) is 3. The molecule has 1 aromatic carbocycles. The summed E-state index contributed by atoms with van der Waals surface area (Å²) in [5.41, 5.74) is 1.94. The van der Waals surface area contributed by atoms with Gasteiger partial charge in [-0.1, -0.05) is 6.07 Å². The Morgan fingerprint density at radius 3 is 2.31 bits per heavy atom. The zero-order valence-corrected chi connectivity index (χ0v) is 16.4. The van der Waals surface area contributed by atoms with Crippen LogP contribution < -0.4 is 24.8 Å². The van der Waals surface area contributed by atoms with Crippen molar-refractivity contribution in [3.63, 3.8) is 0 Å². The highest BCUT2D eigenvalue weighted by molar-refractivity contribution is 5.94. The Labute approximate surface area is 168 Å². The van der Waals surface area contributed by atoms with Crippen LogP contribution in [0.25, 0.3) is 0 Å². The molecule has 0 saturated carbocycles. The van der Waals surface area contributed by atoms with E-state index in [0.717, 1.165) is 5.69 Å². The molecule has 0 fully saturated rings. The molecule has 2 heterocycles. The third kappa shape index (κ3) is 4.92. The van der Waals surface area contributed by atoms with E-state index in [1.54, 1.807) is 58.0 Å². The van der Waals surface area contributed by atoms with Crippen LogP contribution in [0.1, 0.15) is 16.1 Å². The van der Waals surface area contributed by atoms with Gasteiger partial charge >= 0.3 is 0 Å². The Morgan fingerprint density at radius 1 is 0.931 bits per heavy atom. The molecular weight excluding hydrogens is 372 g/mol. The molecular formula is C21H22N4O4. The van der Waals surface area contributed by atoms with E-state index in [-0.39, 0.29) is 5.91 Å². The molecule has 0 aliphatic heterocycles. The summed E-state index contributed by atoms with van der Waals surface area (Å²) in [6.45, 7) is 0.345. The van der Waals surface area contributed by atoms with Crippen LogP contribution in [-0.4, -0.2) is 37.2 Å². The fraction of sp³-hybridized carbons (Fsp3) is 0.190. The van der Waals surface area contributed by atoms with Gasteiger partial charge in [0.1, 0.15) is 5.82 Å². The Morgan fingerprint density at radius 2 is 1.69 bits per heavy atom. The topological polar surface area (TPSA) is 94.6 Å². The first-order valence-corrected chi connectivity index (χ1v) is 8.85. The molecule has 0 unspecified atom stereocenters. The van der Waals surface area contributed by atoms with Crippen LogP contribution in [0.2, 0.25) is 0 Å². The number of rotatable bonds is 8. The van der Waals surface area contributed by atoms with Gasteiger partial charge in [0.25, 0.3) is 5.91 Å². The molecule has 0 bridgehead atoms. The maximum Gasteiger partial charge on any atom is 0.251 e. The average molecular weight is 394 g/mol. The molecule has 2 aromatic heterocycles. The number of benzene rings is 1. The van der Waals surface area contributed by atoms with Gasteiger partial charge in [0.15, 0.2) is 11.5 Å². The second kappa shape index (κ2) is 9.41. The lowest BCUT2D eigenvalue weighted by molar-refractivity contribution is 0.0950. The van der Waals surface area contributed by atoms with Gasteiger partial charge in [-0.2, -0.15) is 0 Å². The van der Waals surface area contributed by atoms with Crippen LogP contribution in [-0.2, 0) is 6.54 Å². The van der Waals surface area contributed by atoms with E-state index in [4.69, 9.17) is 14.2 Å². The number of aromatic nitrogens is 2. The molecule has 29 heavy (non-hydrogen) atoms. The highest BCUT2D eigenvalue weighted by Gasteiger charge is 2.14. The number of hydrogen-bond acceptors (Lipinski definition) is 7. The quantitative estimate of drug-likeness (QED) is 0.606. The molecule has 3 aromatic rings. The van der Waals surface area contributed by atoms with Gasteiger partial charge in [-0.05, 0) is 24.3 Å². The lowest BCUT2D eigenvalue weighted by Crippen LogP contribution is -2.23. The molecule has 8 heteroatoms. The summed E-state index contributed by atoms with van der Waals surface area (Å²) >= 11 is 0. The van der Waals surface area contributed by atoms with Crippen LogP contribution >= 0.6 is 0 Å². The summed E-state index contributed by atoms with van der Waals surface area (Å²) in [6, 6.07) is 12.4. The highest BCUT2D eigenvalue weighted by Crippen LogP contribution is 2.40. The Kier molecular flexibility index (Phi) is 6.47. The van der Waals surface area contributed by atoms with Crippen LogP contribution in [0.3, 0.4) is 0 Å². The smallest absolute Gasteiger partial charge is 0.251 e. The monoisotopic (exact) mass is 394 g/mol. The van der Waals surface area contributed by atoms with Crippen LogP contribution in [0.4, 0.5) is 11.5 Å². The van der Waals surface area contributed by atoms with Crippen molar-refractivity contribution in [2.24, 2.45) is 0 Å². The molecule has 0 saturated heterocycles. The van der Waals surface area contributed by atoms with Gasteiger partial charge in [0, 0.05) is 35.8 Å². The van der Waals surface area contributed by atoms with E-state index in [2.05, 4.69) is 20.6 Å². The van der Waals surface area contributed by atoms with Gasteiger partial charge in [-0.25, -0.2) is 4.98 Å². The van der Waals surface area contributed by atoms with Crippen molar-refractivity contribution >= 4 is 17.4 Å².